The number of para-hydroxylation sites is 3. The number of ether oxygens (including phenoxy) is 1. The fraction of sp³-hybridized carbons (Fsp3) is 0.458. The highest BCUT2D eigenvalue weighted by atomic mass is 16.5. The second-order valence-corrected chi connectivity index (χ2v) is 8.83. The second-order valence-electron chi connectivity index (χ2n) is 8.83. The van der Waals surface area contributed by atoms with Gasteiger partial charge in [0.1, 0.15) is 5.75 Å². The largest absolute Gasteiger partial charge is 0.489 e. The van der Waals surface area contributed by atoms with Crippen LogP contribution in [-0.2, 0) is 5.41 Å². The van der Waals surface area contributed by atoms with E-state index < -0.39 is 0 Å². The molecule has 0 radical (unpaired) electrons. The molecule has 0 bridgehead atoms. The van der Waals surface area contributed by atoms with E-state index in [1.165, 1.54) is 0 Å². The maximum absolute atomic E-state index is 12.9. The van der Waals surface area contributed by atoms with Gasteiger partial charge in [0.2, 0.25) is 0 Å². The van der Waals surface area contributed by atoms with Gasteiger partial charge >= 0.3 is 6.03 Å². The maximum Gasteiger partial charge on any atom is 0.321 e. The van der Waals surface area contributed by atoms with Crippen LogP contribution in [0, 0.1) is 0 Å². The predicted molar refractivity (Wildman–Crippen MR) is 120 cm³/mol. The number of carbonyl (C=O) groups excluding carboxylic acids is 1. The highest BCUT2D eigenvalue weighted by molar-refractivity contribution is 5.90. The van der Waals surface area contributed by atoms with Gasteiger partial charge in [-0.05, 0) is 43.0 Å². The number of benzene rings is 2. The fourth-order valence-electron chi connectivity index (χ4n) is 3.66. The molecule has 2 aromatic carbocycles. The van der Waals surface area contributed by atoms with Crippen molar-refractivity contribution < 1.29 is 9.53 Å². The Labute approximate surface area is 174 Å². The van der Waals surface area contributed by atoms with E-state index in [0.717, 1.165) is 35.8 Å². The first-order chi connectivity index (χ1) is 13.8. The summed E-state index contributed by atoms with van der Waals surface area (Å²) in [5.74, 6) is 0.902. The van der Waals surface area contributed by atoms with Gasteiger partial charge in [0.15, 0.2) is 0 Å². The Balaban J connectivity index is 1.64. The Hall–Kier alpha value is -2.69. The summed E-state index contributed by atoms with van der Waals surface area (Å²) in [5.41, 5.74) is 3.11. The molecular weight excluding hydrogens is 362 g/mol. The number of urea groups is 1. The Morgan fingerprint density at radius 3 is 2.24 bits per heavy atom. The van der Waals surface area contributed by atoms with Crippen molar-refractivity contribution in [1.29, 1.82) is 0 Å². The Bertz CT molecular complexity index is 834. The van der Waals surface area contributed by atoms with Crippen molar-refractivity contribution in [2.75, 3.05) is 36.4 Å². The molecule has 5 heteroatoms. The number of piperazine rings is 1. The number of amides is 2. The molecule has 0 unspecified atom stereocenters. The predicted octanol–water partition coefficient (Wildman–Crippen LogP) is 5.13. The van der Waals surface area contributed by atoms with Gasteiger partial charge < -0.3 is 19.9 Å². The first-order valence-electron chi connectivity index (χ1n) is 10.4. The number of nitrogens with zero attached hydrogens (tertiary/aromatic N) is 2. The Morgan fingerprint density at radius 2 is 1.59 bits per heavy atom. The highest BCUT2D eigenvalue weighted by Gasteiger charge is 2.25. The first kappa shape index (κ1) is 21.0. The molecule has 1 aliphatic rings. The van der Waals surface area contributed by atoms with Gasteiger partial charge in [-0.25, -0.2) is 4.79 Å². The summed E-state index contributed by atoms with van der Waals surface area (Å²) >= 11 is 0. The van der Waals surface area contributed by atoms with Crippen molar-refractivity contribution in [3.05, 3.63) is 54.1 Å². The van der Waals surface area contributed by atoms with Gasteiger partial charge in [0.25, 0.3) is 0 Å². The molecule has 2 amide bonds. The minimum atomic E-state index is -0.0342. The van der Waals surface area contributed by atoms with Gasteiger partial charge in [-0.1, -0.05) is 51.1 Å². The van der Waals surface area contributed by atoms with Crippen molar-refractivity contribution >= 4 is 17.4 Å². The van der Waals surface area contributed by atoms with Gasteiger partial charge in [-0.2, -0.15) is 0 Å². The number of anilines is 2. The van der Waals surface area contributed by atoms with Crippen LogP contribution in [0.25, 0.3) is 0 Å². The van der Waals surface area contributed by atoms with Crippen LogP contribution < -0.4 is 15.0 Å². The van der Waals surface area contributed by atoms with E-state index in [-0.39, 0.29) is 17.6 Å². The van der Waals surface area contributed by atoms with Crippen LogP contribution in [0.5, 0.6) is 5.75 Å². The van der Waals surface area contributed by atoms with Crippen LogP contribution in [0.15, 0.2) is 48.5 Å². The molecule has 1 heterocycles. The molecule has 3 rings (SSSR count). The van der Waals surface area contributed by atoms with Crippen molar-refractivity contribution in [3.63, 3.8) is 0 Å². The van der Waals surface area contributed by atoms with Crippen molar-refractivity contribution in [1.82, 2.24) is 4.90 Å². The lowest BCUT2D eigenvalue weighted by molar-refractivity contribution is 0.207. The quantitative estimate of drug-likeness (QED) is 0.781. The Morgan fingerprint density at radius 1 is 0.966 bits per heavy atom. The van der Waals surface area contributed by atoms with Crippen LogP contribution >= 0.6 is 0 Å². The number of nitrogens with one attached hydrogen (secondary N) is 1. The number of carbonyl (C=O) groups is 1. The third-order valence-electron chi connectivity index (χ3n) is 5.11. The summed E-state index contributed by atoms with van der Waals surface area (Å²) in [6, 6.07) is 16.1. The van der Waals surface area contributed by atoms with E-state index >= 15 is 0 Å². The summed E-state index contributed by atoms with van der Waals surface area (Å²) in [4.78, 5) is 17.1. The fourth-order valence-corrected chi connectivity index (χ4v) is 3.66. The molecule has 5 nitrogen and oxygen atoms in total. The number of hydrogen-bond donors (Lipinski definition) is 1. The maximum atomic E-state index is 12.9. The first-order valence-corrected chi connectivity index (χ1v) is 10.4. The Kier molecular flexibility index (Phi) is 6.36. The highest BCUT2D eigenvalue weighted by Crippen LogP contribution is 2.31. The third kappa shape index (κ3) is 5.22. The van der Waals surface area contributed by atoms with Gasteiger partial charge in [0, 0.05) is 31.9 Å². The average molecular weight is 396 g/mol. The third-order valence-corrected chi connectivity index (χ3v) is 5.11. The summed E-state index contributed by atoms with van der Waals surface area (Å²) in [6.07, 6.45) is 0.131. The number of rotatable bonds is 4. The van der Waals surface area contributed by atoms with Crippen LogP contribution in [0.2, 0.25) is 0 Å². The van der Waals surface area contributed by atoms with E-state index in [1.807, 2.05) is 55.1 Å². The molecule has 0 spiro atoms. The molecule has 0 aromatic heterocycles. The van der Waals surface area contributed by atoms with Crippen LogP contribution in [-0.4, -0.2) is 43.2 Å². The van der Waals surface area contributed by atoms with E-state index in [4.69, 9.17) is 4.74 Å². The molecule has 1 saturated heterocycles. The van der Waals surface area contributed by atoms with Crippen LogP contribution in [0.1, 0.15) is 40.2 Å². The SMILES string of the molecule is CC(C)Oc1ccccc1N1CCN(C(=O)Nc2ccccc2C(C)(C)C)CC1. The zero-order valence-corrected chi connectivity index (χ0v) is 18.2. The average Bonchev–Trinajstić information content (AvgIpc) is 2.68. The molecule has 1 aliphatic heterocycles. The van der Waals surface area contributed by atoms with E-state index in [9.17, 15) is 4.79 Å². The van der Waals surface area contributed by atoms with E-state index in [1.54, 1.807) is 0 Å². The summed E-state index contributed by atoms with van der Waals surface area (Å²) in [7, 11) is 0. The van der Waals surface area contributed by atoms with Crippen molar-refractivity contribution in [3.8, 4) is 5.75 Å². The van der Waals surface area contributed by atoms with E-state index in [2.05, 4.69) is 43.1 Å². The molecule has 1 fully saturated rings. The topological polar surface area (TPSA) is 44.8 Å². The second kappa shape index (κ2) is 8.76. The lowest BCUT2D eigenvalue weighted by Gasteiger charge is -2.37. The van der Waals surface area contributed by atoms with Gasteiger partial charge in [-0.15, -0.1) is 0 Å². The van der Waals surface area contributed by atoms with E-state index in [0.29, 0.717) is 13.1 Å². The standard InChI is InChI=1S/C24H33N3O2/c1-18(2)29-22-13-9-8-12-21(22)26-14-16-27(17-15-26)23(28)25-20-11-7-6-10-19(20)24(3,4)5/h6-13,18H,14-17H2,1-5H3,(H,25,28). The van der Waals surface area contributed by atoms with Gasteiger partial charge in [-0.3, -0.25) is 0 Å². The van der Waals surface area contributed by atoms with Crippen molar-refractivity contribution in [2.45, 2.75) is 46.1 Å². The molecule has 0 saturated carbocycles. The zero-order chi connectivity index (χ0) is 21.0. The lowest BCUT2D eigenvalue weighted by atomic mass is 9.86. The minimum Gasteiger partial charge on any atom is -0.489 e. The smallest absolute Gasteiger partial charge is 0.321 e. The molecule has 0 aliphatic carbocycles. The zero-order valence-electron chi connectivity index (χ0n) is 18.2. The normalized spacial score (nSPS) is 14.8. The van der Waals surface area contributed by atoms with Crippen LogP contribution in [0.4, 0.5) is 16.2 Å². The minimum absolute atomic E-state index is 0.0251. The van der Waals surface area contributed by atoms with Crippen molar-refractivity contribution in [2.24, 2.45) is 0 Å². The summed E-state index contributed by atoms with van der Waals surface area (Å²) in [5, 5.41) is 3.12. The van der Waals surface area contributed by atoms with Gasteiger partial charge in [0.05, 0.1) is 11.8 Å². The molecule has 29 heavy (non-hydrogen) atoms. The summed E-state index contributed by atoms with van der Waals surface area (Å²) in [6.45, 7) is 13.5. The lowest BCUT2D eigenvalue weighted by Crippen LogP contribution is -2.50. The number of hydrogen-bond acceptors (Lipinski definition) is 3. The molecule has 2 aromatic rings. The molecular formula is C24H33N3O2. The molecule has 0 atom stereocenters. The monoisotopic (exact) mass is 395 g/mol. The van der Waals surface area contributed by atoms with Crippen LogP contribution in [0.3, 0.4) is 0 Å². The summed E-state index contributed by atoms with van der Waals surface area (Å²) < 4.78 is 5.96. The molecule has 1 N–H and O–H groups in total. The molecule has 156 valence electrons.